The van der Waals surface area contributed by atoms with Crippen LogP contribution in [0, 0.1) is 28.6 Å². The van der Waals surface area contributed by atoms with E-state index in [1.165, 1.54) is 18.4 Å². The Balaban J connectivity index is 1.52. The molecule has 1 N–H and O–H groups in total. The summed E-state index contributed by atoms with van der Waals surface area (Å²) in [4.78, 5) is 0. The van der Waals surface area contributed by atoms with Crippen molar-refractivity contribution in [1.82, 2.24) is 0 Å². The predicted molar refractivity (Wildman–Crippen MR) is 96.9 cm³/mol. The highest BCUT2D eigenvalue weighted by Gasteiger charge is 2.71. The Morgan fingerprint density at radius 1 is 1.32 bits per heavy atom. The molecule has 0 amide bonds. The van der Waals surface area contributed by atoms with Crippen molar-refractivity contribution in [3.05, 3.63) is 23.5 Å². The molecule has 5 aliphatic rings. The van der Waals surface area contributed by atoms with Crippen LogP contribution in [0.25, 0.3) is 0 Å². The first-order valence-corrected chi connectivity index (χ1v) is 10.3. The number of ether oxygens (including phenoxy) is 2. The van der Waals surface area contributed by atoms with Crippen molar-refractivity contribution < 1.29 is 14.6 Å². The van der Waals surface area contributed by atoms with Crippen molar-refractivity contribution in [2.45, 2.75) is 71.0 Å². The van der Waals surface area contributed by atoms with E-state index in [-0.39, 0.29) is 22.5 Å². The largest absolute Gasteiger partial charge is 0.498 e. The lowest BCUT2D eigenvalue weighted by molar-refractivity contribution is -0.122. The fourth-order valence-electron chi connectivity index (χ4n) is 7.37. The molecule has 1 saturated heterocycles. The molecule has 138 valence electrons. The second kappa shape index (κ2) is 5.13. The maximum atomic E-state index is 11.3. The second-order valence-corrected chi connectivity index (χ2v) is 9.66. The Morgan fingerprint density at radius 2 is 2.12 bits per heavy atom. The number of epoxide rings is 1. The fraction of sp³-hybridized carbons (Fsp3) is 0.818. The molecule has 3 heteroatoms. The minimum absolute atomic E-state index is 0.100. The smallest absolute Gasteiger partial charge is 0.0973 e. The molecule has 1 aliphatic heterocycles. The van der Waals surface area contributed by atoms with Crippen LogP contribution in [0.15, 0.2) is 23.5 Å². The molecule has 7 atom stereocenters. The van der Waals surface area contributed by atoms with Gasteiger partial charge in [-0.3, -0.25) is 0 Å². The third-order valence-electron chi connectivity index (χ3n) is 8.78. The van der Waals surface area contributed by atoms with Gasteiger partial charge in [-0.25, -0.2) is 0 Å². The van der Waals surface area contributed by atoms with Gasteiger partial charge in [0.05, 0.1) is 30.7 Å². The van der Waals surface area contributed by atoms with Crippen LogP contribution < -0.4 is 0 Å². The van der Waals surface area contributed by atoms with E-state index in [1.807, 2.05) is 0 Å². The minimum Gasteiger partial charge on any atom is -0.498 e. The SMILES string of the molecule is CCOC1=CC2=CC[C@@H]3[C@@H](C(O)C[C@@]4(C)[C@H]3CCC43CO3)[C@@]2(C)CC1. The molecule has 3 nitrogen and oxygen atoms in total. The zero-order valence-electron chi connectivity index (χ0n) is 15.9. The number of aliphatic hydroxyl groups is 1. The molecule has 0 aromatic carbocycles. The van der Waals surface area contributed by atoms with E-state index < -0.39 is 0 Å². The highest BCUT2D eigenvalue weighted by Crippen LogP contribution is 2.70. The van der Waals surface area contributed by atoms with E-state index in [0.717, 1.165) is 44.7 Å². The summed E-state index contributed by atoms with van der Waals surface area (Å²) < 4.78 is 11.8. The first-order chi connectivity index (χ1) is 11.9. The summed E-state index contributed by atoms with van der Waals surface area (Å²) in [5, 5.41) is 11.3. The lowest BCUT2D eigenvalue weighted by Gasteiger charge is -2.58. The lowest BCUT2D eigenvalue weighted by Crippen LogP contribution is -2.57. The van der Waals surface area contributed by atoms with Gasteiger partial charge in [0.25, 0.3) is 0 Å². The summed E-state index contributed by atoms with van der Waals surface area (Å²) in [5.41, 5.74) is 1.80. The fourth-order valence-corrected chi connectivity index (χ4v) is 7.37. The van der Waals surface area contributed by atoms with Crippen LogP contribution >= 0.6 is 0 Å². The third kappa shape index (κ3) is 2.00. The van der Waals surface area contributed by atoms with Crippen molar-refractivity contribution in [3.8, 4) is 0 Å². The van der Waals surface area contributed by atoms with Crippen LogP contribution in [-0.2, 0) is 9.47 Å². The number of hydrogen-bond acceptors (Lipinski definition) is 3. The molecule has 1 heterocycles. The second-order valence-electron chi connectivity index (χ2n) is 9.66. The molecule has 0 radical (unpaired) electrons. The van der Waals surface area contributed by atoms with Gasteiger partial charge in [-0.05, 0) is 73.8 Å². The average Bonchev–Trinajstić information content (AvgIpc) is 3.30. The van der Waals surface area contributed by atoms with Crippen molar-refractivity contribution in [3.63, 3.8) is 0 Å². The lowest BCUT2D eigenvalue weighted by atomic mass is 9.47. The van der Waals surface area contributed by atoms with Crippen LogP contribution in [-0.4, -0.2) is 30.0 Å². The van der Waals surface area contributed by atoms with E-state index >= 15 is 0 Å². The Morgan fingerprint density at radius 3 is 2.84 bits per heavy atom. The molecule has 0 aromatic rings. The molecule has 5 rings (SSSR count). The Kier molecular flexibility index (Phi) is 3.36. The highest BCUT2D eigenvalue weighted by molar-refractivity contribution is 5.37. The third-order valence-corrected chi connectivity index (χ3v) is 8.78. The van der Waals surface area contributed by atoms with Gasteiger partial charge in [0.15, 0.2) is 0 Å². The summed E-state index contributed by atoms with van der Waals surface area (Å²) in [7, 11) is 0. The zero-order valence-corrected chi connectivity index (χ0v) is 15.9. The van der Waals surface area contributed by atoms with E-state index in [9.17, 15) is 5.11 Å². The predicted octanol–water partition coefficient (Wildman–Crippen LogP) is 4.22. The summed E-state index contributed by atoms with van der Waals surface area (Å²) >= 11 is 0. The van der Waals surface area contributed by atoms with E-state index in [2.05, 4.69) is 32.9 Å². The van der Waals surface area contributed by atoms with Gasteiger partial charge in [0.1, 0.15) is 0 Å². The maximum Gasteiger partial charge on any atom is 0.0973 e. The Hall–Kier alpha value is -0.800. The van der Waals surface area contributed by atoms with Crippen molar-refractivity contribution in [2.75, 3.05) is 13.2 Å². The molecule has 3 fully saturated rings. The quantitative estimate of drug-likeness (QED) is 0.763. The molecule has 1 spiro atoms. The maximum absolute atomic E-state index is 11.3. The van der Waals surface area contributed by atoms with E-state index in [0.29, 0.717) is 17.8 Å². The molecular formula is C22H32O3. The molecule has 4 aliphatic carbocycles. The van der Waals surface area contributed by atoms with Gasteiger partial charge < -0.3 is 14.6 Å². The monoisotopic (exact) mass is 344 g/mol. The molecular weight excluding hydrogens is 312 g/mol. The summed E-state index contributed by atoms with van der Waals surface area (Å²) in [6, 6.07) is 0. The Labute approximate surface area is 151 Å². The normalized spacial score (nSPS) is 53.4. The van der Waals surface area contributed by atoms with Gasteiger partial charge in [-0.1, -0.05) is 19.9 Å². The van der Waals surface area contributed by atoms with Gasteiger partial charge in [0, 0.05) is 11.8 Å². The van der Waals surface area contributed by atoms with Crippen LogP contribution in [0.2, 0.25) is 0 Å². The van der Waals surface area contributed by atoms with Gasteiger partial charge >= 0.3 is 0 Å². The standard InChI is InChI=1S/C22H32O3/c1-4-24-15-7-9-20(2)14(11-15)5-6-16-17-8-10-22(13-25-22)21(17,3)12-18(23)19(16)20/h5,11,16-19,23H,4,6-10,12-13H2,1-3H3/t16-,17-,18?,19-,20-,21-,22?/m0/s1. The zero-order chi connectivity index (χ0) is 17.4. The summed E-state index contributed by atoms with van der Waals surface area (Å²) in [6.45, 7) is 8.53. The van der Waals surface area contributed by atoms with Crippen LogP contribution in [0.4, 0.5) is 0 Å². The topological polar surface area (TPSA) is 42.0 Å². The first kappa shape index (κ1) is 16.4. The average molecular weight is 344 g/mol. The van der Waals surface area contributed by atoms with E-state index in [1.54, 1.807) is 0 Å². The van der Waals surface area contributed by atoms with Crippen molar-refractivity contribution >= 4 is 0 Å². The van der Waals surface area contributed by atoms with Gasteiger partial charge in [0.2, 0.25) is 0 Å². The number of hydrogen-bond donors (Lipinski definition) is 1. The number of rotatable bonds is 2. The highest BCUT2D eigenvalue weighted by atomic mass is 16.6. The number of aliphatic hydroxyl groups excluding tert-OH is 1. The molecule has 2 unspecified atom stereocenters. The first-order valence-electron chi connectivity index (χ1n) is 10.3. The minimum atomic E-state index is -0.207. The molecule has 0 aromatic heterocycles. The van der Waals surface area contributed by atoms with Crippen molar-refractivity contribution in [1.29, 1.82) is 0 Å². The van der Waals surface area contributed by atoms with Gasteiger partial charge in [-0.2, -0.15) is 0 Å². The number of fused-ring (bicyclic) bond motifs is 6. The van der Waals surface area contributed by atoms with Crippen molar-refractivity contribution in [2.24, 2.45) is 28.6 Å². The number of allylic oxidation sites excluding steroid dienone is 4. The van der Waals surface area contributed by atoms with Crippen LogP contribution in [0.1, 0.15) is 59.3 Å². The van der Waals surface area contributed by atoms with Crippen LogP contribution in [0.3, 0.4) is 0 Å². The van der Waals surface area contributed by atoms with Crippen LogP contribution in [0.5, 0.6) is 0 Å². The molecule has 2 saturated carbocycles. The summed E-state index contributed by atoms with van der Waals surface area (Å²) in [5.74, 6) is 2.83. The Bertz CT molecular complexity index is 646. The van der Waals surface area contributed by atoms with Gasteiger partial charge in [-0.15, -0.1) is 0 Å². The van der Waals surface area contributed by atoms with E-state index in [4.69, 9.17) is 9.47 Å². The summed E-state index contributed by atoms with van der Waals surface area (Å²) in [6.07, 6.45) is 11.2. The molecule has 25 heavy (non-hydrogen) atoms. The molecule has 0 bridgehead atoms.